The minimum absolute atomic E-state index is 0.157. The van der Waals surface area contributed by atoms with E-state index in [9.17, 15) is 31.6 Å². The summed E-state index contributed by atoms with van der Waals surface area (Å²) in [5, 5.41) is 14.7. The SMILES string of the molecule is N#CNC(=NCC(c1cc(C(F)(F)F)ccc1C(F)(F)F)n1cnc2ccccc21)Nc1ccc(Cl)cc1Cl. The molecule has 1 atom stereocenters. The Hall–Kier alpha value is -3.95. The van der Waals surface area contributed by atoms with Crippen LogP contribution in [0, 0.1) is 11.5 Å². The third-order valence-electron chi connectivity index (χ3n) is 5.64. The zero-order valence-electron chi connectivity index (χ0n) is 19.4. The molecule has 6 nitrogen and oxygen atoms in total. The second kappa shape index (κ2) is 11.0. The van der Waals surface area contributed by atoms with E-state index in [0.29, 0.717) is 34.3 Å². The maximum atomic E-state index is 14.0. The summed E-state index contributed by atoms with van der Waals surface area (Å²) >= 11 is 12.0. The molecule has 1 heterocycles. The topological polar surface area (TPSA) is 78.0 Å². The summed E-state index contributed by atoms with van der Waals surface area (Å²) in [4.78, 5) is 8.39. The summed E-state index contributed by atoms with van der Waals surface area (Å²) in [5.74, 6) is -0.211. The minimum Gasteiger partial charge on any atom is -0.324 e. The maximum Gasteiger partial charge on any atom is 0.416 e. The van der Waals surface area contributed by atoms with E-state index < -0.39 is 41.6 Å². The van der Waals surface area contributed by atoms with Gasteiger partial charge in [0.2, 0.25) is 5.96 Å². The molecule has 1 unspecified atom stereocenters. The van der Waals surface area contributed by atoms with Crippen molar-refractivity contribution in [2.24, 2.45) is 4.99 Å². The number of imidazole rings is 1. The molecule has 0 aliphatic carbocycles. The van der Waals surface area contributed by atoms with Gasteiger partial charge >= 0.3 is 12.4 Å². The van der Waals surface area contributed by atoms with Crippen molar-refractivity contribution in [1.82, 2.24) is 14.9 Å². The maximum absolute atomic E-state index is 14.0. The van der Waals surface area contributed by atoms with Gasteiger partial charge in [-0.1, -0.05) is 35.3 Å². The molecule has 4 aromatic rings. The van der Waals surface area contributed by atoms with Crippen molar-refractivity contribution in [2.45, 2.75) is 18.4 Å². The van der Waals surface area contributed by atoms with Gasteiger partial charge in [-0.3, -0.25) is 5.32 Å². The summed E-state index contributed by atoms with van der Waals surface area (Å²) in [6, 6.07) is 10.7. The fourth-order valence-electron chi connectivity index (χ4n) is 3.90. The van der Waals surface area contributed by atoms with Crippen molar-refractivity contribution in [3.63, 3.8) is 0 Å². The van der Waals surface area contributed by atoms with Crippen LogP contribution in [0.5, 0.6) is 0 Å². The van der Waals surface area contributed by atoms with Crippen molar-refractivity contribution in [3.05, 3.63) is 93.7 Å². The quantitative estimate of drug-likeness (QED) is 0.0836. The van der Waals surface area contributed by atoms with Gasteiger partial charge in [0.25, 0.3) is 0 Å². The van der Waals surface area contributed by atoms with Crippen LogP contribution in [0.15, 0.2) is 72.0 Å². The summed E-state index contributed by atoms with van der Waals surface area (Å²) in [7, 11) is 0. The van der Waals surface area contributed by atoms with E-state index in [4.69, 9.17) is 23.2 Å². The van der Waals surface area contributed by atoms with E-state index in [-0.39, 0.29) is 16.7 Å². The Labute approximate surface area is 227 Å². The lowest BCUT2D eigenvalue weighted by Crippen LogP contribution is -2.29. The number of nitriles is 1. The van der Waals surface area contributed by atoms with Gasteiger partial charge in [0.1, 0.15) is 0 Å². The molecule has 0 radical (unpaired) electrons. The lowest BCUT2D eigenvalue weighted by Gasteiger charge is -2.24. The number of nitrogens with zero attached hydrogens (tertiary/aromatic N) is 4. The number of aromatic nitrogens is 2. The average Bonchev–Trinajstić information content (AvgIpc) is 3.28. The number of para-hydroxylation sites is 2. The van der Waals surface area contributed by atoms with Gasteiger partial charge in [0.05, 0.1) is 51.8 Å². The number of fused-ring (bicyclic) bond motifs is 1. The van der Waals surface area contributed by atoms with E-state index in [1.807, 2.05) is 0 Å². The Kier molecular flexibility index (Phi) is 7.94. The molecule has 0 aliphatic heterocycles. The predicted octanol–water partition coefficient (Wildman–Crippen LogP) is 7.51. The third kappa shape index (κ3) is 6.38. The number of aliphatic imine (C=N–C) groups is 1. The molecule has 0 fully saturated rings. The first kappa shape index (κ1) is 28.1. The highest BCUT2D eigenvalue weighted by Gasteiger charge is 2.39. The predicted molar refractivity (Wildman–Crippen MR) is 135 cm³/mol. The molecule has 202 valence electrons. The van der Waals surface area contributed by atoms with Crippen LogP contribution in [0.2, 0.25) is 10.0 Å². The lowest BCUT2D eigenvalue weighted by molar-refractivity contribution is -0.142. The lowest BCUT2D eigenvalue weighted by atomic mass is 9.96. The Morgan fingerprint density at radius 2 is 1.74 bits per heavy atom. The summed E-state index contributed by atoms with van der Waals surface area (Å²) in [6.45, 7) is -0.521. The molecule has 4 rings (SSSR count). The van der Waals surface area contributed by atoms with Crippen LogP contribution >= 0.6 is 23.2 Å². The van der Waals surface area contributed by atoms with E-state index in [0.717, 1.165) is 0 Å². The van der Waals surface area contributed by atoms with Gasteiger partial charge < -0.3 is 9.88 Å². The summed E-state index contributed by atoms with van der Waals surface area (Å²) in [6.07, 6.45) is -6.99. The minimum atomic E-state index is -4.97. The van der Waals surface area contributed by atoms with Crippen molar-refractivity contribution in [3.8, 4) is 6.19 Å². The zero-order valence-corrected chi connectivity index (χ0v) is 21.0. The van der Waals surface area contributed by atoms with E-state index >= 15 is 0 Å². The largest absolute Gasteiger partial charge is 0.416 e. The Morgan fingerprint density at radius 3 is 2.41 bits per heavy atom. The number of halogens is 8. The number of rotatable bonds is 5. The van der Waals surface area contributed by atoms with Crippen LogP contribution in [-0.4, -0.2) is 22.1 Å². The Morgan fingerprint density at radius 1 is 1.00 bits per heavy atom. The zero-order chi connectivity index (χ0) is 28.4. The number of hydrogen-bond donors (Lipinski definition) is 2. The molecule has 0 saturated carbocycles. The van der Waals surface area contributed by atoms with Crippen LogP contribution < -0.4 is 10.6 Å². The number of guanidine groups is 1. The molecule has 14 heteroatoms. The van der Waals surface area contributed by atoms with Gasteiger partial charge in [-0.15, -0.1) is 0 Å². The van der Waals surface area contributed by atoms with Gasteiger partial charge in [0.15, 0.2) is 6.19 Å². The molecule has 2 N–H and O–H groups in total. The standard InChI is InChI=1S/C25H16Cl2F6N6/c26-15-6-8-19(18(27)10-15)38-23(36-12-34)35-11-22(39-13-37-20-3-1-2-4-21(20)39)16-9-14(24(28,29)30)5-7-17(16)25(31,32)33/h1-10,13,22H,11H2,(H2,35,36,38). The van der Waals surface area contributed by atoms with Crippen molar-refractivity contribution >= 4 is 45.9 Å². The van der Waals surface area contributed by atoms with Crippen molar-refractivity contribution in [2.75, 3.05) is 11.9 Å². The Bertz CT molecular complexity index is 1570. The molecule has 3 aromatic carbocycles. The van der Waals surface area contributed by atoms with Crippen molar-refractivity contribution < 1.29 is 26.3 Å². The highest BCUT2D eigenvalue weighted by atomic mass is 35.5. The Balaban J connectivity index is 1.87. The second-order valence-corrected chi connectivity index (χ2v) is 8.97. The first-order valence-corrected chi connectivity index (χ1v) is 11.8. The average molecular weight is 585 g/mol. The van der Waals surface area contributed by atoms with E-state index in [2.05, 4.69) is 20.6 Å². The van der Waals surface area contributed by atoms with Crippen molar-refractivity contribution in [1.29, 1.82) is 5.26 Å². The molecule has 0 aliphatic rings. The van der Waals surface area contributed by atoms with Gasteiger partial charge in [-0.25, -0.2) is 9.98 Å². The van der Waals surface area contributed by atoms with Gasteiger partial charge in [-0.05, 0) is 54.1 Å². The van der Waals surface area contributed by atoms with E-state index in [1.54, 1.807) is 30.5 Å². The molecular formula is C25H16Cl2F6N6. The monoisotopic (exact) mass is 584 g/mol. The first-order valence-electron chi connectivity index (χ1n) is 11.0. The number of anilines is 1. The molecule has 39 heavy (non-hydrogen) atoms. The van der Waals surface area contributed by atoms with Crippen LogP contribution in [-0.2, 0) is 12.4 Å². The molecule has 0 bridgehead atoms. The third-order valence-corrected chi connectivity index (χ3v) is 6.19. The summed E-state index contributed by atoms with van der Waals surface area (Å²) < 4.78 is 84.1. The second-order valence-electron chi connectivity index (χ2n) is 8.13. The number of hydrogen-bond acceptors (Lipinski definition) is 3. The van der Waals surface area contributed by atoms with Crippen LogP contribution in [0.4, 0.5) is 32.0 Å². The first-order chi connectivity index (χ1) is 18.4. The van der Waals surface area contributed by atoms with Crippen LogP contribution in [0.25, 0.3) is 11.0 Å². The normalized spacial score (nSPS) is 13.3. The fraction of sp³-hybridized carbons (Fsp3) is 0.160. The number of benzene rings is 3. The molecule has 0 spiro atoms. The highest BCUT2D eigenvalue weighted by molar-refractivity contribution is 6.36. The van der Waals surface area contributed by atoms with Gasteiger partial charge in [0, 0.05) is 5.02 Å². The van der Waals surface area contributed by atoms with E-state index in [1.165, 1.54) is 29.1 Å². The van der Waals surface area contributed by atoms with Crippen LogP contribution in [0.3, 0.4) is 0 Å². The number of alkyl halides is 6. The molecule has 1 aromatic heterocycles. The summed E-state index contributed by atoms with van der Waals surface area (Å²) in [5.41, 5.74) is -2.16. The van der Waals surface area contributed by atoms with Crippen LogP contribution in [0.1, 0.15) is 22.7 Å². The smallest absolute Gasteiger partial charge is 0.324 e. The molecule has 0 amide bonds. The molecular weight excluding hydrogens is 569 g/mol. The van der Waals surface area contributed by atoms with Gasteiger partial charge in [-0.2, -0.15) is 31.6 Å². The number of nitrogens with one attached hydrogen (secondary N) is 2. The highest BCUT2D eigenvalue weighted by Crippen LogP contribution is 2.40. The fourth-order valence-corrected chi connectivity index (χ4v) is 4.35. The molecule has 0 saturated heterocycles.